The maximum absolute atomic E-state index is 4.46. The van der Waals surface area contributed by atoms with Crippen molar-refractivity contribution in [3.05, 3.63) is 17.5 Å². The fourth-order valence-electron chi connectivity index (χ4n) is 2.05. The topological polar surface area (TPSA) is 73.5 Å². The smallest absolute Gasteiger partial charge is 0.209 e. The van der Waals surface area contributed by atoms with Crippen molar-refractivity contribution >= 4 is 11.8 Å². The highest BCUT2D eigenvalue weighted by molar-refractivity contribution is 7.98. The Labute approximate surface area is 129 Å². The molecule has 0 radical (unpaired) electrons. The molecule has 0 fully saturated rings. The zero-order chi connectivity index (χ0) is 15.1. The average molecular weight is 309 g/mol. The minimum Gasteiger partial charge on any atom is -0.315 e. The average Bonchev–Trinajstić information content (AvgIpc) is 3.07. The van der Waals surface area contributed by atoms with Crippen LogP contribution in [0.5, 0.6) is 0 Å². The van der Waals surface area contributed by atoms with Crippen LogP contribution in [0.25, 0.3) is 0 Å². The molecule has 0 aromatic carbocycles. The summed E-state index contributed by atoms with van der Waals surface area (Å²) in [6, 6.07) is 2.12. The Kier molecular flexibility index (Phi) is 6.19. The van der Waals surface area contributed by atoms with Gasteiger partial charge in [-0.2, -0.15) is 5.10 Å². The quantitative estimate of drug-likeness (QED) is 0.559. The molecule has 8 heteroatoms. The van der Waals surface area contributed by atoms with Crippen LogP contribution in [-0.4, -0.2) is 43.1 Å². The first-order chi connectivity index (χ1) is 10.2. The third kappa shape index (κ3) is 4.53. The lowest BCUT2D eigenvalue weighted by Crippen LogP contribution is -2.21. The molecule has 0 aliphatic rings. The molecule has 0 saturated carbocycles. The zero-order valence-electron chi connectivity index (χ0n) is 12.9. The van der Waals surface area contributed by atoms with E-state index in [1.165, 1.54) is 5.69 Å². The minimum atomic E-state index is 0.793. The van der Waals surface area contributed by atoms with Crippen molar-refractivity contribution in [1.82, 2.24) is 35.3 Å². The molecule has 0 atom stereocenters. The van der Waals surface area contributed by atoms with Gasteiger partial charge in [-0.1, -0.05) is 18.7 Å². The number of nitrogens with zero attached hydrogens (tertiary/aromatic N) is 6. The SMILES string of the molecule is CCCNCCn1nnnc1SCc1cc(C)nn1CC. The monoisotopic (exact) mass is 309 g/mol. The van der Waals surface area contributed by atoms with Crippen LogP contribution in [0.15, 0.2) is 11.2 Å². The van der Waals surface area contributed by atoms with E-state index in [1.807, 2.05) is 16.3 Å². The van der Waals surface area contributed by atoms with E-state index in [2.05, 4.69) is 45.9 Å². The van der Waals surface area contributed by atoms with Crippen LogP contribution in [0.4, 0.5) is 0 Å². The van der Waals surface area contributed by atoms with Gasteiger partial charge >= 0.3 is 0 Å². The normalized spacial score (nSPS) is 11.2. The van der Waals surface area contributed by atoms with Crippen LogP contribution in [0.1, 0.15) is 31.7 Å². The third-order valence-corrected chi connectivity index (χ3v) is 4.05. The predicted octanol–water partition coefficient (Wildman–Crippen LogP) is 1.49. The molecule has 2 heterocycles. The van der Waals surface area contributed by atoms with Gasteiger partial charge in [-0.05, 0) is 43.3 Å². The van der Waals surface area contributed by atoms with Gasteiger partial charge < -0.3 is 5.32 Å². The summed E-state index contributed by atoms with van der Waals surface area (Å²) in [5, 5.41) is 20.6. The summed E-state index contributed by atoms with van der Waals surface area (Å²) >= 11 is 1.65. The van der Waals surface area contributed by atoms with Gasteiger partial charge in [0.1, 0.15) is 0 Å². The highest BCUT2D eigenvalue weighted by Gasteiger charge is 2.10. The number of aromatic nitrogens is 6. The summed E-state index contributed by atoms with van der Waals surface area (Å²) in [5.41, 5.74) is 2.26. The molecule has 0 bridgehead atoms. The van der Waals surface area contributed by atoms with Crippen LogP contribution in [-0.2, 0) is 18.8 Å². The Morgan fingerprint density at radius 1 is 1.24 bits per heavy atom. The molecule has 2 rings (SSSR count). The second-order valence-electron chi connectivity index (χ2n) is 4.82. The van der Waals surface area contributed by atoms with Crippen molar-refractivity contribution in [2.24, 2.45) is 0 Å². The maximum atomic E-state index is 4.46. The second kappa shape index (κ2) is 8.14. The second-order valence-corrected chi connectivity index (χ2v) is 5.76. The highest BCUT2D eigenvalue weighted by atomic mass is 32.2. The van der Waals surface area contributed by atoms with E-state index < -0.39 is 0 Å². The summed E-state index contributed by atoms with van der Waals surface area (Å²) in [7, 11) is 0. The zero-order valence-corrected chi connectivity index (χ0v) is 13.7. The Hall–Kier alpha value is -1.41. The lowest BCUT2D eigenvalue weighted by Gasteiger charge is -2.06. The van der Waals surface area contributed by atoms with Crippen molar-refractivity contribution in [3.63, 3.8) is 0 Å². The summed E-state index contributed by atoms with van der Waals surface area (Å²) in [4.78, 5) is 0. The molecule has 0 aliphatic carbocycles. The number of aryl methyl sites for hydroxylation is 2. The number of tetrazole rings is 1. The largest absolute Gasteiger partial charge is 0.315 e. The molecule has 0 unspecified atom stereocenters. The number of hydrogen-bond acceptors (Lipinski definition) is 6. The molecule has 0 aliphatic heterocycles. The van der Waals surface area contributed by atoms with Gasteiger partial charge in [-0.25, -0.2) is 4.68 Å². The van der Waals surface area contributed by atoms with E-state index in [1.54, 1.807) is 11.8 Å². The highest BCUT2D eigenvalue weighted by Crippen LogP contribution is 2.20. The van der Waals surface area contributed by atoms with E-state index in [9.17, 15) is 0 Å². The molecule has 2 aromatic rings. The van der Waals surface area contributed by atoms with Crippen molar-refractivity contribution in [2.75, 3.05) is 13.1 Å². The van der Waals surface area contributed by atoms with Crippen molar-refractivity contribution in [3.8, 4) is 0 Å². The number of nitrogens with one attached hydrogen (secondary N) is 1. The predicted molar refractivity (Wildman–Crippen MR) is 83.2 cm³/mol. The van der Waals surface area contributed by atoms with E-state index in [-0.39, 0.29) is 0 Å². The van der Waals surface area contributed by atoms with E-state index in [0.29, 0.717) is 0 Å². The number of hydrogen-bond donors (Lipinski definition) is 1. The van der Waals surface area contributed by atoms with E-state index in [0.717, 1.165) is 49.2 Å². The Balaban J connectivity index is 1.89. The summed E-state index contributed by atoms with van der Waals surface area (Å²) in [5.74, 6) is 0.831. The molecule has 7 nitrogen and oxygen atoms in total. The summed E-state index contributed by atoms with van der Waals surface area (Å²) < 4.78 is 3.88. The number of rotatable bonds is 9. The van der Waals surface area contributed by atoms with Crippen molar-refractivity contribution < 1.29 is 0 Å². The first-order valence-corrected chi connectivity index (χ1v) is 8.36. The third-order valence-electron chi connectivity index (χ3n) is 3.06. The maximum Gasteiger partial charge on any atom is 0.209 e. The summed E-state index contributed by atoms with van der Waals surface area (Å²) in [6.07, 6.45) is 1.14. The first kappa shape index (κ1) is 16.0. The lowest BCUT2D eigenvalue weighted by atomic mass is 10.4. The van der Waals surface area contributed by atoms with Gasteiger partial charge in [-0.15, -0.1) is 5.10 Å². The molecular formula is C13H23N7S. The fourth-order valence-corrected chi connectivity index (χ4v) is 2.93. The van der Waals surface area contributed by atoms with Crippen molar-refractivity contribution in [1.29, 1.82) is 0 Å². The molecule has 1 N–H and O–H groups in total. The Morgan fingerprint density at radius 3 is 2.86 bits per heavy atom. The van der Waals surface area contributed by atoms with E-state index >= 15 is 0 Å². The van der Waals surface area contributed by atoms with Crippen LogP contribution in [0.3, 0.4) is 0 Å². The Bertz CT molecular complexity index is 548. The van der Waals surface area contributed by atoms with Crippen molar-refractivity contribution in [2.45, 2.75) is 51.2 Å². The van der Waals surface area contributed by atoms with Crippen LogP contribution in [0.2, 0.25) is 0 Å². The fraction of sp³-hybridized carbons (Fsp3) is 0.692. The first-order valence-electron chi connectivity index (χ1n) is 7.37. The molecular weight excluding hydrogens is 286 g/mol. The van der Waals surface area contributed by atoms with Gasteiger partial charge in [0.2, 0.25) is 5.16 Å². The number of thioether (sulfide) groups is 1. The Morgan fingerprint density at radius 2 is 2.10 bits per heavy atom. The van der Waals surface area contributed by atoms with Crippen LogP contribution in [0, 0.1) is 6.92 Å². The molecule has 116 valence electrons. The standard InChI is InChI=1S/C13H23N7S/c1-4-6-14-7-8-20-13(15-17-18-20)21-10-12-9-11(3)16-19(12)5-2/h9,14H,4-8,10H2,1-3H3. The summed E-state index contributed by atoms with van der Waals surface area (Å²) in [6.45, 7) is 9.87. The van der Waals surface area contributed by atoms with Gasteiger partial charge in [0.15, 0.2) is 0 Å². The van der Waals surface area contributed by atoms with Gasteiger partial charge in [-0.3, -0.25) is 4.68 Å². The molecule has 0 spiro atoms. The van der Waals surface area contributed by atoms with Gasteiger partial charge in [0.05, 0.1) is 12.2 Å². The lowest BCUT2D eigenvalue weighted by molar-refractivity contribution is 0.510. The molecule has 21 heavy (non-hydrogen) atoms. The van der Waals surface area contributed by atoms with Gasteiger partial charge in [0.25, 0.3) is 0 Å². The minimum absolute atomic E-state index is 0.793. The molecule has 0 amide bonds. The molecule has 0 saturated heterocycles. The van der Waals surface area contributed by atoms with Crippen LogP contribution >= 0.6 is 11.8 Å². The molecule has 2 aromatic heterocycles. The van der Waals surface area contributed by atoms with Gasteiger partial charge in [0, 0.05) is 24.5 Å². The van der Waals surface area contributed by atoms with E-state index in [4.69, 9.17) is 0 Å². The van der Waals surface area contributed by atoms with Crippen LogP contribution < -0.4 is 5.32 Å².